The molecule has 0 amide bonds. The van der Waals surface area contributed by atoms with Crippen molar-refractivity contribution < 1.29 is 24.8 Å². The van der Waals surface area contributed by atoms with Crippen LogP contribution < -0.4 is 0 Å². The molecule has 0 rings (SSSR count). The molecule has 0 aliphatic carbocycles. The fourth-order valence-electron chi connectivity index (χ4n) is 0. The van der Waals surface area contributed by atoms with E-state index >= 15 is 0 Å². The molecule has 33 valence electrons. The summed E-state index contributed by atoms with van der Waals surface area (Å²) in [5.41, 5.74) is 0. The summed E-state index contributed by atoms with van der Waals surface area (Å²) >= 11 is 1.51. The summed E-state index contributed by atoms with van der Waals surface area (Å²) < 4.78 is 2.08. The van der Waals surface area contributed by atoms with Crippen LogP contribution in [0, 0.1) is 0 Å². The van der Waals surface area contributed by atoms with E-state index in [1.54, 1.807) is 0 Å². The number of nitrogens with zero attached hydrogens (tertiary/aromatic N) is 1. The van der Waals surface area contributed by atoms with Crippen molar-refractivity contribution >= 4 is 0 Å². The summed E-state index contributed by atoms with van der Waals surface area (Å²) in [6, 6.07) is 0. The first-order valence-corrected chi connectivity index (χ1v) is 2.39. The molecule has 0 N–H and O–H groups in total. The van der Waals surface area contributed by atoms with Gasteiger partial charge in [-0.3, -0.25) is 4.70 Å². The van der Waals surface area contributed by atoms with Crippen LogP contribution in [0.4, 0.5) is 4.70 Å². The molecule has 0 saturated heterocycles. The number of rotatable bonds is 0. The first-order chi connectivity index (χ1) is 1.73. The van der Waals surface area contributed by atoms with Crippen LogP contribution in [0.5, 0.6) is 0 Å². The van der Waals surface area contributed by atoms with Gasteiger partial charge in [0.05, 0.1) is 0 Å². The van der Waals surface area contributed by atoms with Gasteiger partial charge in [-0.05, 0) is 0 Å². The maximum absolute atomic E-state index is 2.08. The van der Waals surface area contributed by atoms with Gasteiger partial charge in [-0.2, -0.15) is 0 Å². The average Bonchev–Trinajstić information content (AvgIpc) is 0.811. The Morgan fingerprint density at radius 2 is 1.40 bits per heavy atom. The molecule has 0 aliphatic rings. The molecule has 0 radical (unpaired) electrons. The zero-order valence-corrected chi connectivity index (χ0v) is 6.20. The van der Waals surface area contributed by atoms with Crippen LogP contribution in [0.1, 0.15) is 0 Å². The molecular formula is C2H7FNW. The van der Waals surface area contributed by atoms with Crippen molar-refractivity contribution in [2.75, 3.05) is 14.1 Å². The molecule has 0 aromatic rings. The van der Waals surface area contributed by atoms with Crippen LogP contribution in [0.3, 0.4) is 0 Å². The van der Waals surface area contributed by atoms with Gasteiger partial charge in [0.2, 0.25) is 0 Å². The summed E-state index contributed by atoms with van der Waals surface area (Å²) in [5, 5.41) is 0. The van der Waals surface area contributed by atoms with Gasteiger partial charge >= 0.3 is 37.6 Å². The van der Waals surface area contributed by atoms with Crippen molar-refractivity contribution in [3.05, 3.63) is 0 Å². The molecule has 0 unspecified atom stereocenters. The van der Waals surface area contributed by atoms with Crippen LogP contribution in [0.2, 0.25) is 0 Å². The first kappa shape index (κ1) is 9.13. The van der Waals surface area contributed by atoms with Gasteiger partial charge in [-0.1, -0.05) is 0 Å². The number of hydrogen-bond acceptors (Lipinski definition) is 1. The third-order valence-electron chi connectivity index (χ3n) is 0. The quantitative estimate of drug-likeness (QED) is 0.590. The second-order valence-electron chi connectivity index (χ2n) is 0.812. The van der Waals surface area contributed by atoms with Crippen LogP contribution in [-0.2, 0) is 20.1 Å². The fraction of sp³-hybridized carbons (Fsp3) is 1.00. The topological polar surface area (TPSA) is 3.24 Å². The monoisotopic (exact) mass is 248 g/mol. The van der Waals surface area contributed by atoms with Crippen molar-refractivity contribution in [3.8, 4) is 0 Å². The van der Waals surface area contributed by atoms with Crippen LogP contribution in [-0.4, -0.2) is 17.6 Å². The Bertz CT molecular complexity index is 14.4. The Hall–Kier alpha value is 0.578. The van der Waals surface area contributed by atoms with Gasteiger partial charge in [-0.15, -0.1) is 0 Å². The van der Waals surface area contributed by atoms with E-state index in [0.717, 1.165) is 0 Å². The van der Waals surface area contributed by atoms with Crippen molar-refractivity contribution in [3.63, 3.8) is 0 Å². The third kappa shape index (κ3) is 91.0. The van der Waals surface area contributed by atoms with E-state index in [1.807, 2.05) is 14.1 Å². The van der Waals surface area contributed by atoms with Crippen LogP contribution in [0.15, 0.2) is 0 Å². The van der Waals surface area contributed by atoms with E-state index in [1.165, 1.54) is 20.1 Å². The molecule has 0 fully saturated rings. The van der Waals surface area contributed by atoms with Gasteiger partial charge in [0, 0.05) is 0 Å². The molecule has 3 heteroatoms. The molecule has 1 nitrogen and oxygen atoms in total. The van der Waals surface area contributed by atoms with E-state index in [9.17, 15) is 0 Å². The van der Waals surface area contributed by atoms with Crippen molar-refractivity contribution in [2.24, 2.45) is 0 Å². The van der Waals surface area contributed by atoms with Gasteiger partial charge in [0.1, 0.15) is 0 Å². The second-order valence-corrected chi connectivity index (χ2v) is 3.44. The van der Waals surface area contributed by atoms with Gasteiger partial charge in [-0.25, -0.2) is 0 Å². The summed E-state index contributed by atoms with van der Waals surface area (Å²) in [5.74, 6) is 0. The average molecular weight is 248 g/mol. The predicted molar refractivity (Wildman–Crippen MR) is 16.2 cm³/mol. The molecule has 0 aromatic heterocycles. The zero-order chi connectivity index (χ0) is 3.58. The van der Waals surface area contributed by atoms with E-state index in [4.69, 9.17) is 0 Å². The predicted octanol–water partition coefficient (Wildman–Crippen LogP) is 0.162. The van der Waals surface area contributed by atoms with Crippen molar-refractivity contribution in [1.82, 2.24) is 3.46 Å². The molecule has 0 bridgehead atoms. The maximum atomic E-state index is 2.08. The minimum absolute atomic E-state index is 0. The standard InChI is InChI=1S/C2H6N.FH.W/c1-3-2;;/h1-2H3;1H;/q-1;;+1. The molecule has 0 heterocycles. The van der Waals surface area contributed by atoms with E-state index in [0.29, 0.717) is 0 Å². The third-order valence-corrected chi connectivity index (χ3v) is 0. The molecule has 0 saturated carbocycles. The number of hydrogen-bond donors (Lipinski definition) is 0. The Kier molecular flexibility index (Phi) is 8.36. The molecule has 0 spiro atoms. The summed E-state index contributed by atoms with van der Waals surface area (Å²) in [6.07, 6.45) is 0. The van der Waals surface area contributed by atoms with E-state index in [-0.39, 0.29) is 4.70 Å². The van der Waals surface area contributed by atoms with Crippen molar-refractivity contribution in [1.29, 1.82) is 0 Å². The molecular weight excluding hydrogens is 241 g/mol. The van der Waals surface area contributed by atoms with Crippen LogP contribution >= 0.6 is 0 Å². The molecule has 5 heavy (non-hydrogen) atoms. The van der Waals surface area contributed by atoms with Crippen molar-refractivity contribution in [2.45, 2.75) is 0 Å². The summed E-state index contributed by atoms with van der Waals surface area (Å²) in [4.78, 5) is 0. The first-order valence-electron chi connectivity index (χ1n) is 1.08. The second kappa shape index (κ2) is 4.58. The Morgan fingerprint density at radius 1 is 1.40 bits per heavy atom. The zero-order valence-electron chi connectivity index (χ0n) is 3.26. The van der Waals surface area contributed by atoms with E-state index in [2.05, 4.69) is 3.46 Å². The summed E-state index contributed by atoms with van der Waals surface area (Å²) in [7, 11) is 4.07. The molecule has 0 aliphatic heterocycles. The molecule has 0 aromatic carbocycles. The molecule has 0 atom stereocenters. The normalized spacial score (nSPS) is 7.00. The summed E-state index contributed by atoms with van der Waals surface area (Å²) in [6.45, 7) is 0. The fourth-order valence-corrected chi connectivity index (χ4v) is 0. The Labute approximate surface area is 42.9 Å². The van der Waals surface area contributed by atoms with Gasteiger partial charge < -0.3 is 0 Å². The number of halogens is 1. The Balaban J connectivity index is 0. The SMILES string of the molecule is C[N](C)[W].F. The largest absolute Gasteiger partial charge is 0.269 e. The van der Waals surface area contributed by atoms with Gasteiger partial charge in [0.25, 0.3) is 0 Å². The minimum Gasteiger partial charge on any atom is -0.269 e. The van der Waals surface area contributed by atoms with Gasteiger partial charge in [0.15, 0.2) is 0 Å². The van der Waals surface area contributed by atoms with E-state index < -0.39 is 0 Å². The Morgan fingerprint density at radius 3 is 1.40 bits per heavy atom. The maximum Gasteiger partial charge on any atom is -0.269 e. The smallest absolute Gasteiger partial charge is 0.269 e. The minimum atomic E-state index is 0. The van der Waals surface area contributed by atoms with Crippen LogP contribution in [0.25, 0.3) is 0 Å².